The Labute approximate surface area is 146 Å². The van der Waals surface area contributed by atoms with Crippen molar-refractivity contribution in [1.82, 2.24) is 30.8 Å². The zero-order valence-electron chi connectivity index (χ0n) is 13.9. The van der Waals surface area contributed by atoms with Crippen LogP contribution in [-0.2, 0) is 25.7 Å². The van der Waals surface area contributed by atoms with Gasteiger partial charge in [0.2, 0.25) is 11.8 Å². The van der Waals surface area contributed by atoms with E-state index in [1.165, 1.54) is 17.9 Å². The molecule has 2 rings (SSSR count). The summed E-state index contributed by atoms with van der Waals surface area (Å²) < 4.78 is 1.20. The van der Waals surface area contributed by atoms with Gasteiger partial charge in [-0.2, -0.15) is 4.79 Å². The normalized spacial score (nSPS) is 20.8. The second-order valence-corrected chi connectivity index (χ2v) is 5.83. The third-order valence-corrected chi connectivity index (χ3v) is 4.11. The largest absolute Gasteiger partial charge is 0.472 e. The molecule has 0 spiro atoms. The van der Waals surface area contributed by atoms with E-state index in [1.54, 1.807) is 6.92 Å². The maximum atomic E-state index is 12.1. The molecule has 0 radical (unpaired) electrons. The number of carbonyl (C=O) groups excluding carboxylic acids is 3. The molecule has 26 heavy (non-hydrogen) atoms. The van der Waals surface area contributed by atoms with E-state index >= 15 is 0 Å². The van der Waals surface area contributed by atoms with Crippen molar-refractivity contribution in [3.63, 3.8) is 0 Å². The van der Waals surface area contributed by atoms with Gasteiger partial charge < -0.3 is 21.3 Å². The van der Waals surface area contributed by atoms with Gasteiger partial charge in [0.1, 0.15) is 12.9 Å². The maximum absolute atomic E-state index is 12.1. The summed E-state index contributed by atoms with van der Waals surface area (Å²) in [5, 5.41) is 24.3. The van der Waals surface area contributed by atoms with Crippen LogP contribution in [0.1, 0.15) is 13.8 Å². The number of nitrogens with one attached hydrogen (secondary N) is 2. The smallest absolute Gasteiger partial charge is 0.441 e. The van der Waals surface area contributed by atoms with Crippen LogP contribution in [0.15, 0.2) is 6.33 Å². The predicted molar refractivity (Wildman–Crippen MR) is 81.3 cm³/mol. The van der Waals surface area contributed by atoms with Gasteiger partial charge in [-0.25, -0.2) is 9.48 Å². The number of aliphatic carboxylic acids is 1. The number of β-lactam (4-membered cyclic amide) rings is 1. The summed E-state index contributed by atoms with van der Waals surface area (Å²) in [6.45, 7) is 2.84. The van der Waals surface area contributed by atoms with Gasteiger partial charge >= 0.3 is 11.7 Å². The quantitative estimate of drug-likeness (QED) is 0.145. The van der Waals surface area contributed by atoms with E-state index in [-0.39, 0.29) is 12.5 Å². The lowest BCUT2D eigenvalue weighted by Gasteiger charge is -2.42. The van der Waals surface area contributed by atoms with E-state index in [0.717, 1.165) is 0 Å². The van der Waals surface area contributed by atoms with Crippen molar-refractivity contribution in [2.75, 3.05) is 0 Å². The van der Waals surface area contributed by atoms with Gasteiger partial charge in [-0.1, -0.05) is 6.92 Å². The Morgan fingerprint density at radius 2 is 2.15 bits per heavy atom. The molecule has 0 aliphatic carbocycles. The number of aromatic nitrogens is 4. The molecule has 138 valence electrons. The highest BCUT2D eigenvalue weighted by atomic mass is 16.4. The Morgan fingerprint density at radius 3 is 2.65 bits per heavy atom. The van der Waals surface area contributed by atoms with Gasteiger partial charge in [-0.05, 0) is 17.4 Å². The molecule has 1 aromatic heterocycles. The standard InChI is InChI=1S/C13H16N8O5/c1-5(11(23)10(18-14)13(25)26)9-8(12(24)17-9)6(2)16-7(22)3-21-4-15-19-20-21/h4-6,8-9H,3H2,1-2H3,(H,16,22)(H,17,24)(H,25,26)/t5?,6?,8-,9-/m1/s1. The van der Waals surface area contributed by atoms with Gasteiger partial charge in [-0.15, -0.1) is 5.10 Å². The van der Waals surface area contributed by atoms with E-state index in [2.05, 4.69) is 30.9 Å². The Kier molecular flexibility index (Phi) is 5.52. The highest BCUT2D eigenvalue weighted by Gasteiger charge is 2.50. The second-order valence-electron chi connectivity index (χ2n) is 5.83. The summed E-state index contributed by atoms with van der Waals surface area (Å²) in [5.41, 5.74) is 7.66. The van der Waals surface area contributed by atoms with Crippen LogP contribution < -0.4 is 10.6 Å². The number of carboxylic acid groups (broad SMARTS) is 1. The van der Waals surface area contributed by atoms with E-state index in [9.17, 15) is 19.2 Å². The molecule has 0 aromatic carbocycles. The zero-order chi connectivity index (χ0) is 19.4. The van der Waals surface area contributed by atoms with Crippen molar-refractivity contribution >= 4 is 29.3 Å². The van der Waals surface area contributed by atoms with Crippen molar-refractivity contribution in [1.29, 1.82) is 0 Å². The molecule has 1 aliphatic rings. The molecule has 13 heteroatoms. The monoisotopic (exact) mass is 364 g/mol. The molecule has 1 aliphatic heterocycles. The molecule has 4 atom stereocenters. The average Bonchev–Trinajstić information content (AvgIpc) is 3.04. The van der Waals surface area contributed by atoms with E-state index < -0.39 is 47.3 Å². The molecule has 3 N–H and O–H groups in total. The number of carboxylic acids is 1. The van der Waals surface area contributed by atoms with Crippen LogP contribution >= 0.6 is 0 Å². The van der Waals surface area contributed by atoms with E-state index in [1.807, 2.05) is 0 Å². The topological polar surface area (TPSA) is 193 Å². The Morgan fingerprint density at radius 1 is 1.46 bits per heavy atom. The lowest BCUT2D eigenvalue weighted by Crippen LogP contribution is -2.68. The van der Waals surface area contributed by atoms with Gasteiger partial charge in [0, 0.05) is 12.0 Å². The lowest BCUT2D eigenvalue weighted by molar-refractivity contribution is -0.141. The summed E-state index contributed by atoms with van der Waals surface area (Å²) in [7, 11) is 0. The second kappa shape index (κ2) is 7.61. The third-order valence-electron chi connectivity index (χ3n) is 4.11. The fourth-order valence-corrected chi connectivity index (χ4v) is 2.76. The van der Waals surface area contributed by atoms with Crippen LogP contribution in [-0.4, -0.2) is 71.5 Å². The minimum atomic E-state index is -1.67. The molecule has 0 bridgehead atoms. The number of nitrogens with zero attached hydrogens (tertiary/aromatic N) is 6. The SMILES string of the molecule is CC(C(=O)C(=[N+]=[N-])C(=O)O)[C@H]1NC(=O)[C@@H]1C(C)NC(=O)Cn1cnnn1. The van der Waals surface area contributed by atoms with Crippen molar-refractivity contribution in [3.8, 4) is 0 Å². The first-order valence-corrected chi connectivity index (χ1v) is 7.56. The van der Waals surface area contributed by atoms with Crippen LogP contribution in [0.4, 0.5) is 0 Å². The van der Waals surface area contributed by atoms with Crippen molar-refractivity contribution in [2.24, 2.45) is 11.8 Å². The fraction of sp³-hybridized carbons (Fsp3) is 0.538. The summed E-state index contributed by atoms with van der Waals surface area (Å²) in [5.74, 6) is -5.14. The van der Waals surface area contributed by atoms with Gasteiger partial charge in [0.25, 0.3) is 5.78 Å². The summed E-state index contributed by atoms with van der Waals surface area (Å²) in [6.07, 6.45) is 1.26. The van der Waals surface area contributed by atoms with Crippen LogP contribution in [0.5, 0.6) is 0 Å². The van der Waals surface area contributed by atoms with Crippen molar-refractivity contribution in [3.05, 3.63) is 11.9 Å². The molecule has 1 aromatic rings. The number of carbonyl (C=O) groups is 4. The summed E-state index contributed by atoms with van der Waals surface area (Å²) in [6, 6.07) is -1.35. The Bertz CT molecular complexity index is 784. The van der Waals surface area contributed by atoms with Gasteiger partial charge in [0.15, 0.2) is 0 Å². The lowest BCUT2D eigenvalue weighted by atomic mass is 9.75. The van der Waals surface area contributed by atoms with Gasteiger partial charge in [-0.3, -0.25) is 14.4 Å². The van der Waals surface area contributed by atoms with Crippen LogP contribution in [0.3, 0.4) is 0 Å². The molecule has 2 heterocycles. The molecule has 13 nitrogen and oxygen atoms in total. The molecular formula is C13H16N8O5. The first kappa shape index (κ1) is 18.9. The molecule has 0 saturated carbocycles. The molecule has 1 saturated heterocycles. The first-order valence-electron chi connectivity index (χ1n) is 7.56. The minimum Gasteiger partial charge on any atom is -0.472 e. The number of ketones is 1. The predicted octanol–water partition coefficient (Wildman–Crippen LogP) is -2.75. The highest BCUT2D eigenvalue weighted by molar-refractivity contribution is 6.62. The van der Waals surface area contributed by atoms with Crippen molar-refractivity contribution < 1.29 is 29.1 Å². The zero-order valence-corrected chi connectivity index (χ0v) is 13.9. The van der Waals surface area contributed by atoms with Gasteiger partial charge in [0.05, 0.1) is 12.0 Å². The first-order chi connectivity index (χ1) is 12.3. The number of rotatable bonds is 8. The van der Waals surface area contributed by atoms with Crippen LogP contribution in [0, 0.1) is 11.8 Å². The number of Topliss-reactive ketones (excluding diaryl/α,β-unsaturated/α-hetero) is 1. The Hall–Kier alpha value is -3.47. The van der Waals surface area contributed by atoms with Crippen LogP contribution in [0.25, 0.3) is 5.53 Å². The molecule has 2 unspecified atom stereocenters. The minimum absolute atomic E-state index is 0.148. The van der Waals surface area contributed by atoms with E-state index in [0.29, 0.717) is 0 Å². The Balaban J connectivity index is 2.02. The molecule has 1 fully saturated rings. The van der Waals surface area contributed by atoms with Crippen LogP contribution in [0.2, 0.25) is 0 Å². The van der Waals surface area contributed by atoms with E-state index in [4.69, 9.17) is 10.6 Å². The highest BCUT2D eigenvalue weighted by Crippen LogP contribution is 2.26. The maximum Gasteiger partial charge on any atom is 0.441 e. The number of tetrazole rings is 1. The summed E-state index contributed by atoms with van der Waals surface area (Å²) in [4.78, 5) is 49.4. The number of hydrogen-bond acceptors (Lipinski definition) is 7. The molecule has 2 amide bonds. The van der Waals surface area contributed by atoms with Crippen molar-refractivity contribution in [2.45, 2.75) is 32.5 Å². The fourth-order valence-electron chi connectivity index (χ4n) is 2.76. The molecular weight excluding hydrogens is 348 g/mol. The number of amides is 2. The number of hydrogen-bond donors (Lipinski definition) is 3. The average molecular weight is 364 g/mol. The summed E-state index contributed by atoms with van der Waals surface area (Å²) >= 11 is 0. The third kappa shape index (κ3) is 3.78.